The van der Waals surface area contributed by atoms with Gasteiger partial charge in [-0.15, -0.1) is 0 Å². The number of ether oxygens (including phenoxy) is 1. The Bertz CT molecular complexity index is 542. The first-order valence-electron chi connectivity index (χ1n) is 6.86. The molecular weight excluding hydrogens is 294 g/mol. The smallest absolute Gasteiger partial charge is 0.305 e. The first-order chi connectivity index (χ1) is 9.95. The number of hydrogen-bond acceptors (Lipinski definition) is 3. The Hall–Kier alpha value is -1.75. The molecule has 0 aromatic heterocycles. The number of carboxylic acids is 1. The monoisotopic (exact) mass is 311 g/mol. The predicted octanol–water partition coefficient (Wildman–Crippen LogP) is 2.40. The van der Waals surface area contributed by atoms with E-state index in [0.29, 0.717) is 10.8 Å². The highest BCUT2D eigenvalue weighted by Crippen LogP contribution is 2.34. The van der Waals surface area contributed by atoms with Crippen molar-refractivity contribution in [2.75, 3.05) is 6.61 Å². The summed E-state index contributed by atoms with van der Waals surface area (Å²) in [4.78, 5) is 22.6. The summed E-state index contributed by atoms with van der Waals surface area (Å²) in [6, 6.07) is 5.00. The number of benzene rings is 1. The van der Waals surface area contributed by atoms with Crippen LogP contribution in [0, 0.1) is 12.8 Å². The molecular formula is C15H18ClNO4. The van der Waals surface area contributed by atoms with Gasteiger partial charge in [0.05, 0.1) is 11.4 Å². The Balaban J connectivity index is 1.86. The van der Waals surface area contributed by atoms with Crippen LogP contribution in [-0.4, -0.2) is 29.6 Å². The maximum absolute atomic E-state index is 11.9. The Morgan fingerprint density at radius 3 is 2.81 bits per heavy atom. The van der Waals surface area contributed by atoms with Crippen molar-refractivity contribution in [3.63, 3.8) is 0 Å². The molecule has 21 heavy (non-hydrogen) atoms. The molecule has 5 nitrogen and oxygen atoms in total. The number of carbonyl (C=O) groups is 2. The maximum Gasteiger partial charge on any atom is 0.305 e. The van der Waals surface area contributed by atoms with Crippen LogP contribution in [0.25, 0.3) is 0 Å². The van der Waals surface area contributed by atoms with Crippen LogP contribution in [0.1, 0.15) is 24.8 Å². The number of aryl methyl sites for hydroxylation is 1. The van der Waals surface area contributed by atoms with E-state index in [1.165, 1.54) is 0 Å². The van der Waals surface area contributed by atoms with E-state index in [9.17, 15) is 9.59 Å². The fraction of sp³-hybridized carbons (Fsp3) is 0.467. The number of carboxylic acid groups (broad SMARTS) is 1. The van der Waals surface area contributed by atoms with E-state index >= 15 is 0 Å². The van der Waals surface area contributed by atoms with Crippen LogP contribution < -0.4 is 10.1 Å². The SMILES string of the molecule is Cc1ccc(Cl)c(OCC(=O)NC(CC(=O)O)C2CC2)c1. The third-order valence-corrected chi connectivity index (χ3v) is 3.69. The van der Waals surface area contributed by atoms with Crippen LogP contribution in [0.3, 0.4) is 0 Å². The molecule has 0 heterocycles. The van der Waals surface area contributed by atoms with Crippen molar-refractivity contribution in [2.45, 2.75) is 32.2 Å². The second kappa shape index (κ2) is 6.80. The molecule has 2 N–H and O–H groups in total. The number of carbonyl (C=O) groups excluding carboxylic acids is 1. The van der Waals surface area contributed by atoms with Crippen LogP contribution in [-0.2, 0) is 9.59 Å². The van der Waals surface area contributed by atoms with Crippen molar-refractivity contribution in [2.24, 2.45) is 5.92 Å². The van der Waals surface area contributed by atoms with E-state index in [1.807, 2.05) is 13.0 Å². The van der Waals surface area contributed by atoms with Gasteiger partial charge in [-0.3, -0.25) is 9.59 Å². The topological polar surface area (TPSA) is 75.6 Å². The zero-order valence-electron chi connectivity index (χ0n) is 11.8. The minimum Gasteiger partial charge on any atom is -0.482 e. The van der Waals surface area contributed by atoms with Gasteiger partial charge in [0, 0.05) is 6.04 Å². The van der Waals surface area contributed by atoms with Gasteiger partial charge in [0.15, 0.2) is 6.61 Å². The molecule has 1 aromatic carbocycles. The normalized spacial score (nSPS) is 15.3. The third kappa shape index (κ3) is 4.93. The molecule has 0 aliphatic heterocycles. The maximum atomic E-state index is 11.9. The van der Waals surface area contributed by atoms with Gasteiger partial charge in [0.1, 0.15) is 5.75 Å². The average molecular weight is 312 g/mol. The van der Waals surface area contributed by atoms with Crippen molar-refractivity contribution >= 4 is 23.5 Å². The molecule has 1 saturated carbocycles. The summed E-state index contributed by atoms with van der Waals surface area (Å²) < 4.78 is 5.39. The molecule has 2 rings (SSSR count). The van der Waals surface area contributed by atoms with Gasteiger partial charge >= 0.3 is 5.97 Å². The lowest BCUT2D eigenvalue weighted by Gasteiger charge is -2.16. The van der Waals surface area contributed by atoms with Crippen LogP contribution in [0.4, 0.5) is 0 Å². The molecule has 0 saturated heterocycles. The fourth-order valence-corrected chi connectivity index (χ4v) is 2.31. The van der Waals surface area contributed by atoms with E-state index in [2.05, 4.69) is 5.32 Å². The van der Waals surface area contributed by atoms with E-state index in [4.69, 9.17) is 21.4 Å². The second-order valence-electron chi connectivity index (χ2n) is 5.33. The fourth-order valence-electron chi connectivity index (χ4n) is 2.14. The Kier molecular flexibility index (Phi) is 5.07. The highest BCUT2D eigenvalue weighted by atomic mass is 35.5. The zero-order chi connectivity index (χ0) is 15.4. The molecule has 0 spiro atoms. The molecule has 1 aliphatic rings. The van der Waals surface area contributed by atoms with Gasteiger partial charge in [0.2, 0.25) is 0 Å². The Morgan fingerprint density at radius 2 is 2.19 bits per heavy atom. The van der Waals surface area contributed by atoms with Crippen LogP contribution in [0.5, 0.6) is 5.75 Å². The lowest BCUT2D eigenvalue weighted by atomic mass is 10.1. The van der Waals surface area contributed by atoms with Gasteiger partial charge in [0.25, 0.3) is 5.91 Å². The number of amides is 1. The van der Waals surface area contributed by atoms with Gasteiger partial charge in [-0.2, -0.15) is 0 Å². The number of hydrogen-bond donors (Lipinski definition) is 2. The zero-order valence-corrected chi connectivity index (χ0v) is 12.5. The second-order valence-corrected chi connectivity index (χ2v) is 5.74. The molecule has 1 fully saturated rings. The summed E-state index contributed by atoms with van der Waals surface area (Å²) in [7, 11) is 0. The number of halogens is 1. The van der Waals surface area contributed by atoms with E-state index in [1.54, 1.807) is 12.1 Å². The molecule has 6 heteroatoms. The summed E-state index contributed by atoms with van der Waals surface area (Å²) in [6.07, 6.45) is 1.87. The lowest BCUT2D eigenvalue weighted by molar-refractivity contribution is -0.138. The van der Waals surface area contributed by atoms with Gasteiger partial charge in [-0.1, -0.05) is 17.7 Å². The summed E-state index contributed by atoms with van der Waals surface area (Å²) in [6.45, 7) is 1.73. The van der Waals surface area contributed by atoms with Crippen molar-refractivity contribution in [3.8, 4) is 5.75 Å². The average Bonchev–Trinajstić information content (AvgIpc) is 3.23. The van der Waals surface area contributed by atoms with E-state index in [-0.39, 0.29) is 30.9 Å². The first kappa shape index (κ1) is 15.6. The minimum atomic E-state index is -0.908. The first-order valence-corrected chi connectivity index (χ1v) is 7.23. The molecule has 1 aliphatic carbocycles. The van der Waals surface area contributed by atoms with Crippen molar-refractivity contribution in [3.05, 3.63) is 28.8 Å². The largest absolute Gasteiger partial charge is 0.482 e. The van der Waals surface area contributed by atoms with Crippen LogP contribution >= 0.6 is 11.6 Å². The van der Waals surface area contributed by atoms with Crippen LogP contribution in [0.15, 0.2) is 18.2 Å². The quantitative estimate of drug-likeness (QED) is 0.810. The summed E-state index contributed by atoms with van der Waals surface area (Å²) >= 11 is 5.98. The van der Waals surface area contributed by atoms with E-state index in [0.717, 1.165) is 18.4 Å². The molecule has 114 valence electrons. The minimum absolute atomic E-state index is 0.0540. The van der Waals surface area contributed by atoms with Crippen molar-refractivity contribution in [1.29, 1.82) is 0 Å². The summed E-state index contributed by atoms with van der Waals surface area (Å²) in [5.41, 5.74) is 0.983. The highest BCUT2D eigenvalue weighted by molar-refractivity contribution is 6.32. The number of nitrogens with one attached hydrogen (secondary N) is 1. The third-order valence-electron chi connectivity index (χ3n) is 3.38. The van der Waals surface area contributed by atoms with Gasteiger partial charge in [-0.25, -0.2) is 0 Å². The summed E-state index contributed by atoms with van der Waals surface area (Å²) in [5, 5.41) is 12.0. The molecule has 1 aromatic rings. The standard InChI is InChI=1S/C15H18ClNO4/c1-9-2-5-11(16)13(6-9)21-8-14(18)17-12(7-15(19)20)10-3-4-10/h2,5-6,10,12H,3-4,7-8H2,1H3,(H,17,18)(H,19,20). The van der Waals surface area contributed by atoms with Gasteiger partial charge in [-0.05, 0) is 43.4 Å². The molecule has 0 bridgehead atoms. The Labute approximate surface area is 128 Å². The molecule has 0 radical (unpaired) electrons. The van der Waals surface area contributed by atoms with Crippen molar-refractivity contribution in [1.82, 2.24) is 5.32 Å². The molecule has 1 amide bonds. The molecule has 1 unspecified atom stereocenters. The number of aliphatic carboxylic acids is 1. The van der Waals surface area contributed by atoms with Crippen LogP contribution in [0.2, 0.25) is 5.02 Å². The molecule has 1 atom stereocenters. The van der Waals surface area contributed by atoms with Gasteiger partial charge < -0.3 is 15.2 Å². The highest BCUT2D eigenvalue weighted by Gasteiger charge is 2.33. The predicted molar refractivity (Wildman–Crippen MR) is 78.6 cm³/mol. The summed E-state index contributed by atoms with van der Waals surface area (Å²) in [5.74, 6) is -0.513. The van der Waals surface area contributed by atoms with Crippen molar-refractivity contribution < 1.29 is 19.4 Å². The lowest BCUT2D eigenvalue weighted by Crippen LogP contribution is -2.40. The Morgan fingerprint density at radius 1 is 1.48 bits per heavy atom. The van der Waals surface area contributed by atoms with E-state index < -0.39 is 5.97 Å². The number of rotatable bonds is 7.